The summed E-state index contributed by atoms with van der Waals surface area (Å²) in [5, 5.41) is 9.27. The van der Waals surface area contributed by atoms with Gasteiger partial charge in [-0.25, -0.2) is 18.1 Å². The van der Waals surface area contributed by atoms with Crippen molar-refractivity contribution >= 4 is 20.9 Å². The summed E-state index contributed by atoms with van der Waals surface area (Å²) in [5.74, 6) is 0.396. The zero-order valence-corrected chi connectivity index (χ0v) is 19.1. The molecule has 1 fully saturated rings. The lowest BCUT2D eigenvalue weighted by atomic mass is 9.89. The van der Waals surface area contributed by atoms with Crippen LogP contribution >= 0.6 is 0 Å². The third-order valence-corrected chi connectivity index (χ3v) is 8.58. The number of sulfone groups is 1. The molecule has 2 aromatic heterocycles. The summed E-state index contributed by atoms with van der Waals surface area (Å²) < 4.78 is 25.6. The number of aromatic nitrogens is 3. The minimum atomic E-state index is -2.96. The van der Waals surface area contributed by atoms with E-state index >= 15 is 0 Å². The smallest absolute Gasteiger partial charge is 0.158 e. The Morgan fingerprint density at radius 1 is 1.19 bits per heavy atom. The summed E-state index contributed by atoms with van der Waals surface area (Å²) in [6, 6.07) is 9.22. The minimum absolute atomic E-state index is 0.110. The summed E-state index contributed by atoms with van der Waals surface area (Å²) in [6.07, 6.45) is 7.51. The quantitative estimate of drug-likeness (QED) is 0.655. The van der Waals surface area contributed by atoms with E-state index in [0.717, 1.165) is 28.8 Å². The predicted molar refractivity (Wildman–Crippen MR) is 123 cm³/mol. The Hall–Kier alpha value is -2.25. The van der Waals surface area contributed by atoms with E-state index in [-0.39, 0.29) is 23.6 Å². The molecule has 6 nitrogen and oxygen atoms in total. The number of hydrogen-bond acceptors (Lipinski definition) is 5. The molecule has 0 saturated carbocycles. The molecule has 1 aliphatic carbocycles. The number of pyridine rings is 1. The van der Waals surface area contributed by atoms with E-state index in [4.69, 9.17) is 0 Å². The van der Waals surface area contributed by atoms with Crippen LogP contribution in [0.4, 0.5) is 0 Å². The Labute approximate surface area is 184 Å². The van der Waals surface area contributed by atoms with Gasteiger partial charge >= 0.3 is 0 Å². The zero-order chi connectivity index (χ0) is 21.6. The van der Waals surface area contributed by atoms with Crippen LogP contribution in [0, 0.1) is 6.92 Å². The molecule has 1 saturated heterocycles. The molecule has 2 atom stereocenters. The van der Waals surface area contributed by atoms with Crippen molar-refractivity contribution in [3.05, 3.63) is 58.4 Å². The Morgan fingerprint density at radius 3 is 2.77 bits per heavy atom. The van der Waals surface area contributed by atoms with Crippen LogP contribution in [0.15, 0.2) is 30.5 Å². The molecule has 1 aromatic carbocycles. The van der Waals surface area contributed by atoms with Gasteiger partial charge in [0.05, 0.1) is 23.2 Å². The van der Waals surface area contributed by atoms with Crippen molar-refractivity contribution in [2.45, 2.75) is 64.6 Å². The van der Waals surface area contributed by atoms with Gasteiger partial charge in [0.2, 0.25) is 0 Å². The topological polar surface area (TPSA) is 76.9 Å². The lowest BCUT2D eigenvalue weighted by Crippen LogP contribution is -2.19. The van der Waals surface area contributed by atoms with Gasteiger partial charge in [-0.15, -0.1) is 0 Å². The van der Waals surface area contributed by atoms with Crippen LogP contribution in [-0.4, -0.2) is 34.7 Å². The van der Waals surface area contributed by atoms with Gasteiger partial charge in [0.1, 0.15) is 0 Å². The Morgan fingerprint density at radius 2 is 2.00 bits per heavy atom. The SMILES string of the molecule is Cc1nn([C@H]2CCS(=O)(=O)C2)c2ncc(CN[C@@H](C)c3ccc4c(c3)CCCC4)cc12. The molecule has 1 N–H and O–H groups in total. The highest BCUT2D eigenvalue weighted by Gasteiger charge is 2.31. The molecule has 3 aromatic rings. The van der Waals surface area contributed by atoms with Gasteiger partial charge in [-0.3, -0.25) is 0 Å². The molecule has 0 unspecified atom stereocenters. The average molecular weight is 439 g/mol. The number of aryl methyl sites for hydroxylation is 3. The molecule has 164 valence electrons. The summed E-state index contributed by atoms with van der Waals surface area (Å²) in [7, 11) is -2.96. The monoisotopic (exact) mass is 438 g/mol. The highest BCUT2D eigenvalue weighted by atomic mass is 32.2. The normalized spacial score (nSPS) is 21.3. The number of nitrogens with one attached hydrogen (secondary N) is 1. The van der Waals surface area contributed by atoms with Crippen molar-refractivity contribution in [3.8, 4) is 0 Å². The first-order valence-corrected chi connectivity index (χ1v) is 13.1. The summed E-state index contributed by atoms with van der Waals surface area (Å²) in [4.78, 5) is 4.67. The standard InChI is InChI=1S/C24H30N4O2S/c1-16(20-8-7-19-5-3-4-6-21(19)12-20)25-13-18-11-23-17(2)27-28(24(23)26-14-18)22-9-10-31(29,30)15-22/h7-8,11-12,14,16,22,25H,3-6,9-10,13,15H2,1-2H3/t16-,22-/m0/s1. The van der Waals surface area contributed by atoms with Crippen LogP contribution in [0.1, 0.15) is 66.2 Å². The van der Waals surface area contributed by atoms with Crippen LogP contribution in [0.2, 0.25) is 0 Å². The summed E-state index contributed by atoms with van der Waals surface area (Å²) >= 11 is 0. The highest BCUT2D eigenvalue weighted by molar-refractivity contribution is 7.91. The molecule has 7 heteroatoms. The first kappa shape index (κ1) is 20.6. The van der Waals surface area contributed by atoms with Crippen LogP contribution in [0.3, 0.4) is 0 Å². The predicted octanol–water partition coefficient (Wildman–Crippen LogP) is 3.83. The van der Waals surface area contributed by atoms with Crippen molar-refractivity contribution in [1.29, 1.82) is 0 Å². The number of nitrogens with zero attached hydrogens (tertiary/aromatic N) is 3. The van der Waals surface area contributed by atoms with E-state index in [2.05, 4.69) is 46.6 Å². The highest BCUT2D eigenvalue weighted by Crippen LogP contribution is 2.28. The molecule has 0 amide bonds. The Balaban J connectivity index is 1.31. The molecule has 0 radical (unpaired) electrons. The molecule has 31 heavy (non-hydrogen) atoms. The zero-order valence-electron chi connectivity index (χ0n) is 18.3. The second-order valence-corrected chi connectivity index (χ2v) is 11.4. The second-order valence-electron chi connectivity index (χ2n) is 9.14. The Bertz CT molecular complexity index is 1230. The van der Waals surface area contributed by atoms with Gasteiger partial charge in [-0.2, -0.15) is 5.10 Å². The number of benzene rings is 1. The molecule has 3 heterocycles. The number of rotatable bonds is 5. The maximum atomic E-state index is 11.9. The molecule has 2 aliphatic rings. The van der Waals surface area contributed by atoms with Gasteiger partial charge in [0, 0.05) is 24.2 Å². The van der Waals surface area contributed by atoms with E-state index in [1.54, 1.807) is 0 Å². The molecular formula is C24H30N4O2S. The fourth-order valence-corrected chi connectivity index (χ4v) is 6.64. The molecule has 1 aliphatic heterocycles. The largest absolute Gasteiger partial charge is 0.306 e. The van der Waals surface area contributed by atoms with E-state index in [0.29, 0.717) is 6.42 Å². The van der Waals surface area contributed by atoms with Gasteiger partial charge < -0.3 is 5.32 Å². The number of fused-ring (bicyclic) bond motifs is 2. The van der Waals surface area contributed by atoms with Gasteiger partial charge in [0.25, 0.3) is 0 Å². The van der Waals surface area contributed by atoms with E-state index < -0.39 is 9.84 Å². The maximum absolute atomic E-state index is 11.9. The van der Waals surface area contributed by atoms with Crippen molar-refractivity contribution in [3.63, 3.8) is 0 Å². The second kappa shape index (κ2) is 8.02. The first-order chi connectivity index (χ1) is 14.9. The van der Waals surface area contributed by atoms with Gasteiger partial charge in [-0.05, 0) is 74.3 Å². The fourth-order valence-electron chi connectivity index (χ4n) is 4.94. The molecular weight excluding hydrogens is 408 g/mol. The third-order valence-electron chi connectivity index (χ3n) is 6.83. The van der Waals surface area contributed by atoms with Crippen molar-refractivity contribution in [2.24, 2.45) is 0 Å². The number of hydrogen-bond donors (Lipinski definition) is 1. The summed E-state index contributed by atoms with van der Waals surface area (Å²) in [6.45, 7) is 4.90. The van der Waals surface area contributed by atoms with Crippen LogP contribution in [-0.2, 0) is 29.2 Å². The van der Waals surface area contributed by atoms with E-state index in [1.165, 1.54) is 42.4 Å². The van der Waals surface area contributed by atoms with Gasteiger partial charge in [0.15, 0.2) is 15.5 Å². The van der Waals surface area contributed by atoms with E-state index in [9.17, 15) is 8.42 Å². The maximum Gasteiger partial charge on any atom is 0.158 e. The molecule has 0 spiro atoms. The first-order valence-electron chi connectivity index (χ1n) is 11.3. The van der Waals surface area contributed by atoms with Gasteiger partial charge in [-0.1, -0.05) is 18.2 Å². The van der Waals surface area contributed by atoms with E-state index in [1.807, 2.05) is 17.8 Å². The molecule has 5 rings (SSSR count). The minimum Gasteiger partial charge on any atom is -0.306 e. The average Bonchev–Trinajstić information content (AvgIpc) is 3.30. The third kappa shape index (κ3) is 4.13. The van der Waals surface area contributed by atoms with Crippen molar-refractivity contribution < 1.29 is 8.42 Å². The Kier molecular flexibility index (Phi) is 5.34. The lowest BCUT2D eigenvalue weighted by Gasteiger charge is -2.20. The van der Waals surface area contributed by atoms with Crippen molar-refractivity contribution in [2.75, 3.05) is 11.5 Å². The van der Waals surface area contributed by atoms with Crippen molar-refractivity contribution in [1.82, 2.24) is 20.1 Å². The fraction of sp³-hybridized carbons (Fsp3) is 0.500. The van der Waals surface area contributed by atoms with Crippen LogP contribution in [0.25, 0.3) is 11.0 Å². The van der Waals surface area contributed by atoms with Crippen LogP contribution in [0.5, 0.6) is 0 Å². The summed E-state index contributed by atoms with van der Waals surface area (Å²) in [5.41, 5.74) is 7.15. The van der Waals surface area contributed by atoms with Crippen LogP contribution < -0.4 is 5.32 Å². The lowest BCUT2D eigenvalue weighted by molar-refractivity contribution is 0.509. The molecule has 0 bridgehead atoms.